The molecule has 0 radical (unpaired) electrons. The molecular weight excluding hydrogens is 342 g/mol. The van der Waals surface area contributed by atoms with Crippen LogP contribution < -0.4 is 9.63 Å². The molecule has 1 atom stereocenters. The molecule has 0 bridgehead atoms. The minimum absolute atomic E-state index is 0.00455. The number of hydrogen-bond donors (Lipinski definition) is 1. The highest BCUT2D eigenvalue weighted by molar-refractivity contribution is 6.31. The van der Waals surface area contributed by atoms with E-state index in [9.17, 15) is 23.9 Å². The van der Waals surface area contributed by atoms with E-state index in [0.717, 1.165) is 11.1 Å². The lowest BCUT2D eigenvalue weighted by Gasteiger charge is -2.18. The number of aliphatic hydroxyl groups is 1. The second-order valence-electron chi connectivity index (χ2n) is 5.56. The SMILES string of the molecule is C[C@H](O)c1cccc2c1C(F)(F)C(=O)N2Cc1cc[n+]([O-])cc1Cl. The lowest BCUT2D eigenvalue weighted by atomic mass is 9.98. The number of hydrogen-bond acceptors (Lipinski definition) is 3. The molecular formula is C16H13ClF2N2O3. The summed E-state index contributed by atoms with van der Waals surface area (Å²) < 4.78 is 29.4. The number of benzene rings is 1. The maximum Gasteiger partial charge on any atom is 0.352 e. The highest BCUT2D eigenvalue weighted by Crippen LogP contribution is 2.48. The fourth-order valence-corrected chi connectivity index (χ4v) is 3.01. The molecule has 0 saturated carbocycles. The monoisotopic (exact) mass is 354 g/mol. The van der Waals surface area contributed by atoms with Gasteiger partial charge in [0, 0.05) is 11.6 Å². The summed E-state index contributed by atoms with van der Waals surface area (Å²) in [5.74, 6) is -5.12. The zero-order valence-corrected chi connectivity index (χ0v) is 13.3. The lowest BCUT2D eigenvalue weighted by molar-refractivity contribution is -0.605. The molecule has 2 heterocycles. The van der Waals surface area contributed by atoms with E-state index in [4.69, 9.17) is 11.6 Å². The van der Waals surface area contributed by atoms with Crippen molar-refractivity contribution in [2.75, 3.05) is 4.90 Å². The Bertz CT molecular complexity index is 827. The maximum absolute atomic E-state index is 14.5. The van der Waals surface area contributed by atoms with Crippen molar-refractivity contribution >= 4 is 23.2 Å². The van der Waals surface area contributed by atoms with E-state index in [1.54, 1.807) is 0 Å². The topological polar surface area (TPSA) is 67.5 Å². The van der Waals surface area contributed by atoms with Gasteiger partial charge in [0.2, 0.25) is 0 Å². The van der Waals surface area contributed by atoms with Crippen molar-refractivity contribution in [1.82, 2.24) is 0 Å². The Kier molecular flexibility index (Phi) is 3.93. The van der Waals surface area contributed by atoms with Crippen LogP contribution in [0, 0.1) is 5.21 Å². The molecule has 1 aliphatic heterocycles. The molecule has 24 heavy (non-hydrogen) atoms. The first-order chi connectivity index (χ1) is 11.2. The van der Waals surface area contributed by atoms with Gasteiger partial charge < -0.3 is 15.2 Å². The molecule has 5 nitrogen and oxygen atoms in total. The number of rotatable bonds is 3. The van der Waals surface area contributed by atoms with Gasteiger partial charge in [0.05, 0.1) is 23.9 Å². The number of carbonyl (C=O) groups is 1. The molecule has 0 unspecified atom stereocenters. The first-order valence-corrected chi connectivity index (χ1v) is 7.49. The van der Waals surface area contributed by atoms with Crippen LogP contribution in [-0.4, -0.2) is 11.0 Å². The number of aliphatic hydroxyl groups excluding tert-OH is 1. The normalized spacial score (nSPS) is 17.0. The van der Waals surface area contributed by atoms with Crippen LogP contribution in [0.5, 0.6) is 0 Å². The van der Waals surface area contributed by atoms with Crippen molar-refractivity contribution in [2.45, 2.75) is 25.5 Å². The van der Waals surface area contributed by atoms with Gasteiger partial charge in [-0.25, -0.2) is 0 Å². The molecule has 0 aliphatic carbocycles. The number of halogens is 3. The van der Waals surface area contributed by atoms with Gasteiger partial charge in [-0.15, -0.1) is 0 Å². The van der Waals surface area contributed by atoms with E-state index in [1.807, 2.05) is 0 Å². The molecule has 1 N–H and O–H groups in total. The minimum Gasteiger partial charge on any atom is -0.619 e. The second kappa shape index (κ2) is 5.68. The number of pyridine rings is 1. The molecule has 126 valence electrons. The van der Waals surface area contributed by atoms with Crippen LogP contribution in [0.2, 0.25) is 5.02 Å². The van der Waals surface area contributed by atoms with E-state index in [0.29, 0.717) is 10.3 Å². The third-order valence-electron chi connectivity index (χ3n) is 3.94. The van der Waals surface area contributed by atoms with Gasteiger partial charge in [-0.05, 0) is 18.6 Å². The lowest BCUT2D eigenvalue weighted by Crippen LogP contribution is -2.34. The summed E-state index contributed by atoms with van der Waals surface area (Å²) in [4.78, 5) is 13.1. The number of carbonyl (C=O) groups excluding carboxylic acids is 1. The predicted octanol–water partition coefficient (Wildman–Crippen LogP) is 2.67. The van der Waals surface area contributed by atoms with E-state index < -0.39 is 23.5 Å². The molecule has 0 spiro atoms. The summed E-state index contributed by atoms with van der Waals surface area (Å²) in [7, 11) is 0. The van der Waals surface area contributed by atoms with E-state index in [2.05, 4.69) is 0 Å². The first-order valence-electron chi connectivity index (χ1n) is 7.12. The Morgan fingerprint density at radius 3 is 2.75 bits per heavy atom. The third-order valence-corrected chi connectivity index (χ3v) is 4.28. The van der Waals surface area contributed by atoms with E-state index >= 15 is 0 Å². The highest BCUT2D eigenvalue weighted by Gasteiger charge is 2.54. The summed E-state index contributed by atoms with van der Waals surface area (Å²) in [6, 6.07) is 5.63. The molecule has 3 rings (SSSR count). The van der Waals surface area contributed by atoms with Gasteiger partial charge in [-0.1, -0.05) is 23.7 Å². The van der Waals surface area contributed by atoms with Crippen LogP contribution in [0.3, 0.4) is 0 Å². The maximum atomic E-state index is 14.5. The average molecular weight is 355 g/mol. The summed E-state index contributed by atoms with van der Waals surface area (Å²) in [5, 5.41) is 21.0. The molecule has 8 heteroatoms. The second-order valence-corrected chi connectivity index (χ2v) is 5.97. The molecule has 1 aromatic carbocycles. The third kappa shape index (κ3) is 2.50. The Labute approximate surface area is 141 Å². The highest BCUT2D eigenvalue weighted by atomic mass is 35.5. The van der Waals surface area contributed by atoms with Gasteiger partial charge in [-0.3, -0.25) is 4.79 Å². The molecule has 0 saturated heterocycles. The van der Waals surface area contributed by atoms with Crippen molar-refractivity contribution in [2.24, 2.45) is 0 Å². The van der Waals surface area contributed by atoms with Crippen molar-refractivity contribution in [1.29, 1.82) is 0 Å². The van der Waals surface area contributed by atoms with Crippen LogP contribution in [0.1, 0.15) is 29.7 Å². The van der Waals surface area contributed by atoms with E-state index in [1.165, 1.54) is 37.4 Å². The van der Waals surface area contributed by atoms with Gasteiger partial charge in [-0.2, -0.15) is 13.5 Å². The first kappa shape index (κ1) is 16.6. The molecule has 2 aromatic rings. The minimum atomic E-state index is -3.73. The van der Waals surface area contributed by atoms with Crippen molar-refractivity contribution in [3.63, 3.8) is 0 Å². The van der Waals surface area contributed by atoms with Crippen LogP contribution in [-0.2, 0) is 17.3 Å². The number of amides is 1. The van der Waals surface area contributed by atoms with Gasteiger partial charge in [0.1, 0.15) is 5.02 Å². The summed E-state index contributed by atoms with van der Waals surface area (Å²) >= 11 is 5.95. The fourth-order valence-electron chi connectivity index (χ4n) is 2.79. The van der Waals surface area contributed by atoms with Gasteiger partial charge in [0.15, 0.2) is 12.4 Å². The predicted molar refractivity (Wildman–Crippen MR) is 82.6 cm³/mol. The quantitative estimate of drug-likeness (QED) is 0.680. The molecule has 1 amide bonds. The number of anilines is 1. The zero-order chi connectivity index (χ0) is 17.6. The van der Waals surface area contributed by atoms with Crippen LogP contribution in [0.15, 0.2) is 36.7 Å². The number of aromatic nitrogens is 1. The Hall–Kier alpha value is -2.25. The molecule has 0 fully saturated rings. The molecule has 1 aliphatic rings. The summed E-state index contributed by atoms with van der Waals surface area (Å²) in [5.41, 5.74) is -0.0950. The van der Waals surface area contributed by atoms with Crippen LogP contribution in [0.25, 0.3) is 0 Å². The van der Waals surface area contributed by atoms with Gasteiger partial charge >= 0.3 is 11.8 Å². The smallest absolute Gasteiger partial charge is 0.352 e. The Morgan fingerprint density at radius 2 is 2.12 bits per heavy atom. The average Bonchev–Trinajstić information content (AvgIpc) is 2.70. The number of nitrogens with zero attached hydrogens (tertiary/aromatic N) is 2. The standard InChI is InChI=1S/C16H13ClF2N2O3/c1-9(22)11-3-2-4-13-14(11)16(18,19)15(23)21(13)7-10-5-6-20(24)8-12(10)17/h2-6,8-9,22H,7H2,1H3/t9-/m0/s1. The van der Waals surface area contributed by atoms with Crippen molar-refractivity contribution in [3.05, 3.63) is 63.6 Å². The van der Waals surface area contributed by atoms with E-state index in [-0.39, 0.29) is 22.8 Å². The molecule has 1 aromatic heterocycles. The van der Waals surface area contributed by atoms with Crippen LogP contribution in [0.4, 0.5) is 14.5 Å². The summed E-state index contributed by atoms with van der Waals surface area (Å²) in [6.45, 7) is 1.16. The number of fused-ring (bicyclic) bond motifs is 1. The van der Waals surface area contributed by atoms with Crippen molar-refractivity contribution < 1.29 is 23.4 Å². The fraction of sp³-hybridized carbons (Fsp3) is 0.250. The number of alkyl halides is 2. The Balaban J connectivity index is 2.09. The van der Waals surface area contributed by atoms with Crippen molar-refractivity contribution in [3.8, 4) is 0 Å². The Morgan fingerprint density at radius 1 is 1.42 bits per heavy atom. The zero-order valence-electron chi connectivity index (χ0n) is 12.5. The largest absolute Gasteiger partial charge is 0.619 e. The van der Waals surface area contributed by atoms with Crippen LogP contribution >= 0.6 is 11.6 Å². The summed E-state index contributed by atoms with van der Waals surface area (Å²) in [6.07, 6.45) is 1.12. The van der Waals surface area contributed by atoms with Gasteiger partial charge in [0.25, 0.3) is 0 Å².